The first-order chi connectivity index (χ1) is 6.24. The van der Waals surface area contributed by atoms with Gasteiger partial charge in [-0.05, 0) is 31.6 Å². The quantitative estimate of drug-likeness (QED) is 0.775. The molecule has 0 bridgehead atoms. The molecule has 1 heterocycles. The minimum absolute atomic E-state index is 0.159. The summed E-state index contributed by atoms with van der Waals surface area (Å²) < 4.78 is 24.2. The monoisotopic (exact) mass is 186 g/mol. The number of likely N-dealkylation sites (N-methyl/N-ethyl adjacent to an activating group) is 1. The van der Waals surface area contributed by atoms with E-state index in [1.165, 1.54) is 12.3 Å². The normalized spacial score (nSPS) is 10.8. The Morgan fingerprint density at radius 2 is 2.23 bits per heavy atom. The van der Waals surface area contributed by atoms with Gasteiger partial charge in [0.05, 0.1) is 0 Å². The molecule has 1 rings (SSSR count). The van der Waals surface area contributed by atoms with E-state index >= 15 is 0 Å². The molecule has 1 aromatic heterocycles. The molecule has 4 heteroatoms. The number of rotatable bonds is 4. The molecule has 0 amide bonds. The first-order valence-electron chi connectivity index (χ1n) is 4.11. The lowest BCUT2D eigenvalue weighted by Crippen LogP contribution is -2.10. The van der Waals surface area contributed by atoms with E-state index in [1.807, 2.05) is 7.05 Å². The summed E-state index contributed by atoms with van der Waals surface area (Å²) in [5.41, 5.74) is 0.812. The fourth-order valence-electron chi connectivity index (χ4n) is 0.982. The number of alkyl halides is 2. The van der Waals surface area contributed by atoms with Crippen molar-refractivity contribution >= 4 is 0 Å². The third-order valence-electron chi connectivity index (χ3n) is 1.73. The van der Waals surface area contributed by atoms with Crippen molar-refractivity contribution in [2.75, 3.05) is 13.6 Å². The zero-order valence-corrected chi connectivity index (χ0v) is 7.43. The van der Waals surface area contributed by atoms with Crippen molar-refractivity contribution in [3.05, 3.63) is 29.6 Å². The largest absolute Gasteiger partial charge is 0.319 e. The predicted octanol–water partition coefficient (Wildman–Crippen LogP) is 1.78. The van der Waals surface area contributed by atoms with E-state index in [0.717, 1.165) is 18.5 Å². The number of hydrogen-bond acceptors (Lipinski definition) is 2. The maximum Gasteiger partial charge on any atom is 0.280 e. The Morgan fingerprint density at radius 1 is 1.46 bits per heavy atom. The summed E-state index contributed by atoms with van der Waals surface area (Å²) >= 11 is 0. The number of aromatic nitrogens is 1. The molecular formula is C9H12F2N2. The second-order valence-electron chi connectivity index (χ2n) is 2.75. The molecule has 1 N–H and O–H groups in total. The van der Waals surface area contributed by atoms with E-state index in [1.54, 1.807) is 6.07 Å². The number of nitrogens with one attached hydrogen (secondary N) is 1. The Balaban J connectivity index is 2.59. The summed E-state index contributed by atoms with van der Waals surface area (Å²) in [6, 6.07) is 3.06. The molecule has 0 aromatic carbocycles. The molecule has 0 unspecified atom stereocenters. The first-order valence-corrected chi connectivity index (χ1v) is 4.11. The molecular weight excluding hydrogens is 174 g/mol. The van der Waals surface area contributed by atoms with E-state index in [9.17, 15) is 8.78 Å². The summed E-state index contributed by atoms with van der Waals surface area (Å²) in [6.07, 6.45) is -0.162. The minimum Gasteiger partial charge on any atom is -0.319 e. The lowest BCUT2D eigenvalue weighted by atomic mass is 10.2. The Labute approximate surface area is 76.0 Å². The molecule has 0 atom stereocenters. The Hall–Kier alpha value is -1.03. The predicted molar refractivity (Wildman–Crippen MR) is 46.8 cm³/mol. The summed E-state index contributed by atoms with van der Waals surface area (Å²) in [5.74, 6) is 0. The Kier molecular flexibility index (Phi) is 3.76. The molecule has 13 heavy (non-hydrogen) atoms. The second-order valence-corrected chi connectivity index (χ2v) is 2.75. The van der Waals surface area contributed by atoms with Crippen molar-refractivity contribution < 1.29 is 8.78 Å². The molecule has 0 fully saturated rings. The number of hydrogen-bond donors (Lipinski definition) is 1. The average molecular weight is 186 g/mol. The lowest BCUT2D eigenvalue weighted by Gasteiger charge is -2.01. The third kappa shape index (κ3) is 3.06. The Bertz CT molecular complexity index is 246. The number of pyridine rings is 1. The van der Waals surface area contributed by atoms with Gasteiger partial charge < -0.3 is 5.32 Å². The summed E-state index contributed by atoms with van der Waals surface area (Å²) in [7, 11) is 1.85. The standard InChI is InChI=1S/C9H12F2N2/c1-12-5-4-7-2-3-8(9(10)11)13-6-7/h2-3,6,9,12H,4-5H2,1H3. The van der Waals surface area contributed by atoms with Crippen molar-refractivity contribution in [2.24, 2.45) is 0 Å². The lowest BCUT2D eigenvalue weighted by molar-refractivity contribution is 0.146. The molecule has 0 aliphatic rings. The topological polar surface area (TPSA) is 24.9 Å². The highest BCUT2D eigenvalue weighted by molar-refractivity contribution is 5.14. The van der Waals surface area contributed by atoms with E-state index < -0.39 is 6.43 Å². The smallest absolute Gasteiger partial charge is 0.280 e. The fourth-order valence-corrected chi connectivity index (χ4v) is 0.982. The van der Waals surface area contributed by atoms with Crippen LogP contribution in [0.2, 0.25) is 0 Å². The van der Waals surface area contributed by atoms with Crippen molar-refractivity contribution in [2.45, 2.75) is 12.8 Å². The van der Waals surface area contributed by atoms with Crippen LogP contribution in [0, 0.1) is 0 Å². The van der Waals surface area contributed by atoms with Gasteiger partial charge in [0.15, 0.2) is 0 Å². The van der Waals surface area contributed by atoms with Gasteiger partial charge in [0, 0.05) is 6.20 Å². The van der Waals surface area contributed by atoms with Gasteiger partial charge in [-0.15, -0.1) is 0 Å². The fraction of sp³-hybridized carbons (Fsp3) is 0.444. The van der Waals surface area contributed by atoms with E-state index in [0.29, 0.717) is 0 Å². The molecule has 0 spiro atoms. The van der Waals surface area contributed by atoms with Crippen LogP contribution in [-0.2, 0) is 6.42 Å². The van der Waals surface area contributed by atoms with Gasteiger partial charge >= 0.3 is 0 Å². The van der Waals surface area contributed by atoms with E-state index in [-0.39, 0.29) is 5.69 Å². The second kappa shape index (κ2) is 4.87. The van der Waals surface area contributed by atoms with Gasteiger partial charge in [-0.2, -0.15) is 0 Å². The van der Waals surface area contributed by atoms with Crippen LogP contribution in [0.4, 0.5) is 8.78 Å². The molecule has 0 saturated heterocycles. The zero-order valence-electron chi connectivity index (χ0n) is 7.43. The van der Waals surface area contributed by atoms with Gasteiger partial charge in [-0.25, -0.2) is 8.78 Å². The molecule has 0 aliphatic heterocycles. The van der Waals surface area contributed by atoms with Crippen LogP contribution in [0.3, 0.4) is 0 Å². The van der Waals surface area contributed by atoms with Crippen LogP contribution < -0.4 is 5.32 Å². The van der Waals surface area contributed by atoms with Gasteiger partial charge in [0.2, 0.25) is 0 Å². The van der Waals surface area contributed by atoms with Crippen molar-refractivity contribution in [1.82, 2.24) is 10.3 Å². The minimum atomic E-state index is -2.47. The van der Waals surface area contributed by atoms with Crippen LogP contribution in [0.5, 0.6) is 0 Å². The van der Waals surface area contributed by atoms with Crippen LogP contribution >= 0.6 is 0 Å². The van der Waals surface area contributed by atoms with Gasteiger partial charge in [-0.1, -0.05) is 6.07 Å². The van der Waals surface area contributed by atoms with Crippen LogP contribution in [-0.4, -0.2) is 18.6 Å². The molecule has 1 aromatic rings. The summed E-state index contributed by atoms with van der Waals surface area (Å²) in [5, 5.41) is 2.98. The van der Waals surface area contributed by atoms with Crippen LogP contribution in [0.15, 0.2) is 18.3 Å². The maximum absolute atomic E-state index is 12.1. The molecule has 0 radical (unpaired) electrons. The van der Waals surface area contributed by atoms with Crippen LogP contribution in [0.25, 0.3) is 0 Å². The van der Waals surface area contributed by atoms with Gasteiger partial charge in [0.25, 0.3) is 6.43 Å². The Morgan fingerprint density at radius 3 is 2.69 bits per heavy atom. The highest BCUT2D eigenvalue weighted by Gasteiger charge is 2.07. The summed E-state index contributed by atoms with van der Waals surface area (Å²) in [4.78, 5) is 3.65. The maximum atomic E-state index is 12.1. The van der Waals surface area contributed by atoms with Crippen molar-refractivity contribution in [3.63, 3.8) is 0 Å². The third-order valence-corrected chi connectivity index (χ3v) is 1.73. The first kappa shape index (κ1) is 10.1. The van der Waals surface area contributed by atoms with E-state index in [4.69, 9.17) is 0 Å². The highest BCUT2D eigenvalue weighted by atomic mass is 19.3. The average Bonchev–Trinajstić information content (AvgIpc) is 2.15. The molecule has 2 nitrogen and oxygen atoms in total. The van der Waals surface area contributed by atoms with Gasteiger partial charge in [0.1, 0.15) is 5.69 Å². The number of halogens is 2. The van der Waals surface area contributed by atoms with E-state index in [2.05, 4.69) is 10.3 Å². The molecule has 72 valence electrons. The SMILES string of the molecule is CNCCc1ccc(C(F)F)nc1. The van der Waals surface area contributed by atoms with Gasteiger partial charge in [-0.3, -0.25) is 4.98 Å². The molecule has 0 saturated carbocycles. The number of nitrogens with zero attached hydrogens (tertiary/aromatic N) is 1. The molecule has 0 aliphatic carbocycles. The van der Waals surface area contributed by atoms with Crippen molar-refractivity contribution in [1.29, 1.82) is 0 Å². The van der Waals surface area contributed by atoms with Crippen LogP contribution in [0.1, 0.15) is 17.7 Å². The summed E-state index contributed by atoms with van der Waals surface area (Å²) in [6.45, 7) is 0.829. The highest BCUT2D eigenvalue weighted by Crippen LogP contribution is 2.15. The zero-order chi connectivity index (χ0) is 9.68. The van der Waals surface area contributed by atoms with Crippen molar-refractivity contribution in [3.8, 4) is 0 Å².